The average molecular weight is 1000 g/mol. The highest BCUT2D eigenvalue weighted by molar-refractivity contribution is 7.47. The minimum Gasteiger partial charge on any atom is -0.456 e. The van der Waals surface area contributed by atoms with Crippen molar-refractivity contribution in [3.05, 3.63) is 85.1 Å². The first-order chi connectivity index (χ1) is 33.9. The lowest BCUT2D eigenvalue weighted by atomic mass is 10.0. The van der Waals surface area contributed by atoms with Crippen LogP contribution in [0.25, 0.3) is 0 Å². The summed E-state index contributed by atoms with van der Waals surface area (Å²) >= 11 is 0. The Morgan fingerprint density at radius 1 is 0.514 bits per heavy atom. The number of hydrogen-bond donors (Lipinski definition) is 2. The summed E-state index contributed by atoms with van der Waals surface area (Å²) in [4.78, 5) is 37.5. The molecule has 2 N–H and O–H groups in total. The molecule has 404 valence electrons. The number of nitrogens with one attached hydrogen (secondary N) is 1. The molecule has 0 fully saturated rings. The first-order valence-corrected chi connectivity index (χ1v) is 29.9. The molecule has 0 spiro atoms. The number of ether oxygens (including phenoxy) is 1. The molecule has 0 aliphatic rings. The summed E-state index contributed by atoms with van der Waals surface area (Å²) in [6.07, 6.45) is 64.5. The van der Waals surface area contributed by atoms with E-state index < -0.39 is 20.0 Å². The average Bonchev–Trinajstić information content (AvgIpc) is 3.32. The van der Waals surface area contributed by atoms with E-state index in [0.29, 0.717) is 17.4 Å². The Morgan fingerprint density at radius 3 is 1.41 bits per heavy atom. The summed E-state index contributed by atoms with van der Waals surface area (Å²) in [6.45, 7) is 6.81. The fourth-order valence-corrected chi connectivity index (χ4v) is 8.42. The van der Waals surface area contributed by atoms with E-state index in [0.717, 1.165) is 83.5 Å². The zero-order chi connectivity index (χ0) is 51.5. The Labute approximate surface area is 431 Å². The number of nitrogens with zero attached hydrogens (tertiary/aromatic N) is 1. The third kappa shape index (κ3) is 50.1. The number of carbonyl (C=O) groups excluding carboxylic acids is 2. The zero-order valence-electron chi connectivity index (χ0n) is 46.0. The van der Waals surface area contributed by atoms with E-state index >= 15 is 0 Å². The number of likely N-dealkylation sites (N-methyl/N-ethyl adjacent to an activating group) is 1. The Hall–Kier alpha value is -2.81. The summed E-state index contributed by atoms with van der Waals surface area (Å²) in [5.41, 5.74) is 0. The third-order valence-electron chi connectivity index (χ3n) is 12.1. The van der Waals surface area contributed by atoms with Crippen molar-refractivity contribution in [2.75, 3.05) is 40.9 Å². The first kappa shape index (κ1) is 67.2. The number of hydrogen-bond acceptors (Lipinski definition) is 6. The fourth-order valence-electron chi connectivity index (χ4n) is 7.69. The minimum atomic E-state index is -4.47. The van der Waals surface area contributed by atoms with Crippen LogP contribution < -0.4 is 5.32 Å². The number of phosphoric acid groups is 1. The number of allylic oxidation sites excluding steroid dienone is 13. The number of rotatable bonds is 50. The second-order valence-corrected chi connectivity index (χ2v) is 21.5. The van der Waals surface area contributed by atoms with E-state index in [1.165, 1.54) is 109 Å². The van der Waals surface area contributed by atoms with Crippen molar-refractivity contribution in [2.24, 2.45) is 0 Å². The molecule has 3 unspecified atom stereocenters. The SMILES string of the molecule is CC/C=C/C/C=C/C/C=C/C/C=C/C/C=C/CCC(=O)NC(COP(=O)(O)OCC[N+](C)(C)C)C(/C=C/CCCCCCCCCCCCC)OC(=O)CCCCCCCCC/C=C\CCCCCC. The van der Waals surface area contributed by atoms with Gasteiger partial charge in [-0.1, -0.05) is 215 Å². The van der Waals surface area contributed by atoms with Crippen LogP contribution >= 0.6 is 7.82 Å². The van der Waals surface area contributed by atoms with Crippen LogP contribution in [0.1, 0.15) is 233 Å². The van der Waals surface area contributed by atoms with Gasteiger partial charge in [0.15, 0.2) is 0 Å². The van der Waals surface area contributed by atoms with E-state index in [1.54, 1.807) is 0 Å². The highest BCUT2D eigenvalue weighted by atomic mass is 31.2. The van der Waals surface area contributed by atoms with Crippen LogP contribution in [-0.4, -0.2) is 74.3 Å². The van der Waals surface area contributed by atoms with Gasteiger partial charge in [0.25, 0.3) is 0 Å². The van der Waals surface area contributed by atoms with Crippen molar-refractivity contribution < 1.29 is 37.3 Å². The summed E-state index contributed by atoms with van der Waals surface area (Å²) < 4.78 is 30.5. The largest absolute Gasteiger partial charge is 0.472 e. The second-order valence-electron chi connectivity index (χ2n) is 20.1. The third-order valence-corrected chi connectivity index (χ3v) is 13.1. The van der Waals surface area contributed by atoms with Crippen molar-refractivity contribution >= 4 is 19.7 Å². The molecule has 0 saturated heterocycles. The van der Waals surface area contributed by atoms with Crippen molar-refractivity contribution in [3.8, 4) is 0 Å². The fraction of sp³-hybridized carbons (Fsp3) is 0.733. The molecule has 0 saturated carbocycles. The van der Waals surface area contributed by atoms with Gasteiger partial charge >= 0.3 is 13.8 Å². The van der Waals surface area contributed by atoms with Crippen molar-refractivity contribution in [3.63, 3.8) is 0 Å². The predicted molar refractivity (Wildman–Crippen MR) is 300 cm³/mol. The quantitative estimate of drug-likeness (QED) is 0.0205. The van der Waals surface area contributed by atoms with E-state index in [9.17, 15) is 19.0 Å². The molecular weight excluding hydrogens is 892 g/mol. The van der Waals surface area contributed by atoms with Crippen molar-refractivity contribution in [2.45, 2.75) is 245 Å². The lowest BCUT2D eigenvalue weighted by Gasteiger charge is -2.27. The summed E-state index contributed by atoms with van der Waals surface area (Å²) in [5.74, 6) is -0.610. The van der Waals surface area contributed by atoms with Gasteiger partial charge in [0, 0.05) is 12.8 Å². The molecule has 0 radical (unpaired) electrons. The Balaban J connectivity index is 5.51. The standard InChI is InChI=1S/C60H107N2O7P/c1-7-10-13-16-19-22-25-28-30-32-34-37-40-43-46-49-52-59(63)61-57(56-68-70(65,66)67-55-54-62(4,5)6)58(51-48-45-42-39-36-33-27-24-21-18-15-12-9-3)69-60(64)53-50-47-44-41-38-35-31-29-26-23-20-17-14-11-8-2/h10,13,19,22-23,26,28,30,34,37,43,46,48,51,57-58H,7-9,11-12,14-18,20-21,24-25,27,29,31-33,35-36,38-42,44-45,47,49-50,52-56H2,1-6H3,(H-,61,63,65,66)/p+1/b13-10+,22-19+,26-23-,30-28+,37-34+,46-43+,51-48+. The van der Waals surface area contributed by atoms with Crippen LogP contribution in [0.4, 0.5) is 0 Å². The molecule has 0 aromatic carbocycles. The molecule has 0 aliphatic heterocycles. The molecular formula is C60H108N2O7P+. The highest BCUT2D eigenvalue weighted by Gasteiger charge is 2.30. The van der Waals surface area contributed by atoms with Crippen LogP contribution in [0.15, 0.2) is 85.1 Å². The molecule has 10 heteroatoms. The second kappa shape index (κ2) is 49.8. The van der Waals surface area contributed by atoms with Gasteiger partial charge < -0.3 is 19.4 Å². The zero-order valence-corrected chi connectivity index (χ0v) is 46.9. The van der Waals surface area contributed by atoms with Crippen LogP contribution in [0, 0.1) is 0 Å². The smallest absolute Gasteiger partial charge is 0.456 e. The maximum atomic E-state index is 13.5. The van der Waals surface area contributed by atoms with Crippen LogP contribution in [0.5, 0.6) is 0 Å². The van der Waals surface area contributed by atoms with Gasteiger partial charge in [0.2, 0.25) is 5.91 Å². The minimum absolute atomic E-state index is 0.0232. The Kier molecular flexibility index (Phi) is 47.8. The molecule has 0 aliphatic carbocycles. The van der Waals surface area contributed by atoms with Gasteiger partial charge in [-0.05, 0) is 89.5 Å². The Morgan fingerprint density at radius 2 is 0.929 bits per heavy atom. The monoisotopic (exact) mass is 1000 g/mol. The van der Waals surface area contributed by atoms with Gasteiger partial charge in [-0.2, -0.15) is 0 Å². The van der Waals surface area contributed by atoms with Gasteiger partial charge in [-0.25, -0.2) is 4.57 Å². The molecule has 0 rings (SSSR count). The number of unbranched alkanes of at least 4 members (excludes halogenated alkanes) is 22. The number of phosphoric ester groups is 1. The summed E-state index contributed by atoms with van der Waals surface area (Å²) in [5, 5.41) is 3.00. The van der Waals surface area contributed by atoms with E-state index in [-0.39, 0.29) is 37.9 Å². The summed E-state index contributed by atoms with van der Waals surface area (Å²) in [6, 6.07) is -0.892. The highest BCUT2D eigenvalue weighted by Crippen LogP contribution is 2.43. The van der Waals surface area contributed by atoms with Gasteiger partial charge in [0.1, 0.15) is 19.3 Å². The van der Waals surface area contributed by atoms with Crippen LogP contribution in [-0.2, 0) is 27.9 Å². The number of quaternary nitrogens is 1. The first-order valence-electron chi connectivity index (χ1n) is 28.4. The van der Waals surface area contributed by atoms with Crippen molar-refractivity contribution in [1.82, 2.24) is 5.32 Å². The normalized spacial score (nSPS) is 14.4. The van der Waals surface area contributed by atoms with Crippen molar-refractivity contribution in [1.29, 1.82) is 0 Å². The van der Waals surface area contributed by atoms with Gasteiger partial charge in [-0.3, -0.25) is 18.6 Å². The van der Waals surface area contributed by atoms with E-state index in [1.807, 2.05) is 45.4 Å². The van der Waals surface area contributed by atoms with Crippen LogP contribution in [0.3, 0.4) is 0 Å². The molecule has 70 heavy (non-hydrogen) atoms. The lowest BCUT2D eigenvalue weighted by molar-refractivity contribution is -0.870. The summed E-state index contributed by atoms with van der Waals surface area (Å²) in [7, 11) is 1.44. The maximum Gasteiger partial charge on any atom is 0.472 e. The van der Waals surface area contributed by atoms with E-state index in [4.69, 9.17) is 13.8 Å². The number of carbonyl (C=O) groups is 2. The maximum absolute atomic E-state index is 13.5. The predicted octanol–water partition coefficient (Wildman–Crippen LogP) is 17.0. The van der Waals surface area contributed by atoms with Gasteiger partial charge in [-0.15, -0.1) is 0 Å². The molecule has 1 amide bonds. The van der Waals surface area contributed by atoms with Crippen LogP contribution in [0.2, 0.25) is 0 Å². The molecule has 0 aromatic heterocycles. The number of esters is 1. The van der Waals surface area contributed by atoms with E-state index in [2.05, 4.69) is 86.8 Å². The molecule has 0 bridgehead atoms. The topological polar surface area (TPSA) is 111 Å². The van der Waals surface area contributed by atoms with Gasteiger partial charge in [0.05, 0.1) is 33.8 Å². The molecule has 9 nitrogen and oxygen atoms in total. The molecule has 3 atom stereocenters. The number of amides is 1. The molecule has 0 heterocycles. The molecule has 0 aromatic rings. The Bertz CT molecular complexity index is 1480. The lowest BCUT2D eigenvalue weighted by Crippen LogP contribution is -2.47.